The molecule has 3 aromatic rings. The minimum Gasteiger partial charge on any atom is -0.475 e. The van der Waals surface area contributed by atoms with E-state index in [1.807, 2.05) is 0 Å². The van der Waals surface area contributed by atoms with Crippen LogP contribution in [0.15, 0.2) is 42.7 Å². The van der Waals surface area contributed by atoms with Crippen molar-refractivity contribution in [3.8, 4) is 11.6 Å². The summed E-state index contributed by atoms with van der Waals surface area (Å²) in [6.07, 6.45) is -2.31. The summed E-state index contributed by atoms with van der Waals surface area (Å²) in [7, 11) is 0. The molecule has 0 N–H and O–H groups in total. The summed E-state index contributed by atoms with van der Waals surface area (Å²) < 4.78 is 71.6. The number of benzene rings is 1. The molecule has 0 saturated heterocycles. The molecule has 2 aromatic heterocycles. The molecule has 0 radical (unpaired) electrons. The van der Waals surface area contributed by atoms with Crippen molar-refractivity contribution in [2.45, 2.75) is 26.1 Å². The summed E-state index contributed by atoms with van der Waals surface area (Å²) in [6.45, 7) is 3.23. The Kier molecular flexibility index (Phi) is 6.70. The number of aromatic nitrogens is 4. The molecular formula is C20H18F5N5O2. The Morgan fingerprint density at radius 1 is 1.12 bits per heavy atom. The molecule has 3 rings (SSSR count). The highest BCUT2D eigenvalue weighted by Crippen LogP contribution is 2.31. The van der Waals surface area contributed by atoms with E-state index in [-0.39, 0.29) is 24.4 Å². The largest absolute Gasteiger partial charge is 0.475 e. The van der Waals surface area contributed by atoms with E-state index in [1.165, 1.54) is 29.4 Å². The number of hydrogen-bond acceptors (Lipinski definition) is 5. The van der Waals surface area contributed by atoms with Crippen molar-refractivity contribution < 1.29 is 31.5 Å². The maximum absolute atomic E-state index is 14.5. The Morgan fingerprint density at radius 2 is 1.81 bits per heavy atom. The average molecular weight is 455 g/mol. The van der Waals surface area contributed by atoms with Crippen LogP contribution in [0.3, 0.4) is 0 Å². The number of pyridine rings is 1. The van der Waals surface area contributed by atoms with Crippen LogP contribution in [0, 0.1) is 11.6 Å². The average Bonchev–Trinajstić information content (AvgIpc) is 3.27. The molecule has 0 aliphatic rings. The Morgan fingerprint density at radius 3 is 2.44 bits per heavy atom. The van der Waals surface area contributed by atoms with Gasteiger partial charge in [-0.15, -0.1) is 4.80 Å². The van der Waals surface area contributed by atoms with Gasteiger partial charge >= 0.3 is 6.18 Å². The van der Waals surface area contributed by atoms with Crippen molar-refractivity contribution in [1.82, 2.24) is 24.9 Å². The van der Waals surface area contributed by atoms with Crippen molar-refractivity contribution in [3.05, 3.63) is 65.6 Å². The molecule has 1 atom stereocenters. The van der Waals surface area contributed by atoms with Crippen LogP contribution in [-0.4, -0.2) is 50.0 Å². The molecule has 2 heterocycles. The van der Waals surface area contributed by atoms with Crippen LogP contribution in [0.25, 0.3) is 5.69 Å². The van der Waals surface area contributed by atoms with Crippen molar-refractivity contribution in [3.63, 3.8) is 0 Å². The summed E-state index contributed by atoms with van der Waals surface area (Å²) in [5, 5.41) is 7.74. The van der Waals surface area contributed by atoms with Crippen molar-refractivity contribution >= 4 is 5.91 Å². The molecule has 32 heavy (non-hydrogen) atoms. The molecule has 1 amide bonds. The van der Waals surface area contributed by atoms with Crippen LogP contribution in [0.1, 0.15) is 29.9 Å². The fraction of sp³-hybridized carbons (Fsp3) is 0.300. The van der Waals surface area contributed by atoms with E-state index in [0.29, 0.717) is 6.07 Å². The number of carbonyl (C=O) groups is 1. The van der Waals surface area contributed by atoms with Gasteiger partial charge in [-0.2, -0.15) is 23.4 Å². The number of halogens is 5. The van der Waals surface area contributed by atoms with Crippen molar-refractivity contribution in [2.24, 2.45) is 0 Å². The molecule has 1 aromatic carbocycles. The standard InChI is InChI=1S/C20H18F5N5O2/c1-3-29(12(2)11-32-16-8-7-15(22)18(28-16)20(23,24)25)19(31)13-5-4-6-14(21)17(13)30-26-9-10-27-30/h4-10,12H,3,11H2,1-2H3. The fourth-order valence-electron chi connectivity index (χ4n) is 3.03. The number of rotatable bonds is 7. The van der Waals surface area contributed by atoms with E-state index in [4.69, 9.17) is 4.74 Å². The molecule has 0 saturated carbocycles. The highest BCUT2D eigenvalue weighted by molar-refractivity contribution is 5.98. The topological polar surface area (TPSA) is 73.1 Å². The molecule has 0 spiro atoms. The molecule has 0 aliphatic carbocycles. The van der Waals surface area contributed by atoms with Crippen LogP contribution in [0.5, 0.6) is 5.88 Å². The number of nitrogens with zero attached hydrogens (tertiary/aromatic N) is 5. The molecule has 0 fully saturated rings. The Balaban J connectivity index is 1.80. The summed E-state index contributed by atoms with van der Waals surface area (Å²) in [6, 6.07) is 4.87. The van der Waals surface area contributed by atoms with Crippen molar-refractivity contribution in [2.75, 3.05) is 13.2 Å². The SMILES string of the molecule is CCN(C(=O)c1cccc(F)c1-n1nccn1)C(C)COc1ccc(F)c(C(F)(F)F)n1. The zero-order valence-corrected chi connectivity index (χ0v) is 17.0. The van der Waals surface area contributed by atoms with E-state index in [1.54, 1.807) is 13.8 Å². The van der Waals surface area contributed by atoms with E-state index in [9.17, 15) is 26.7 Å². The summed E-state index contributed by atoms with van der Waals surface area (Å²) in [5.74, 6) is -3.23. The lowest BCUT2D eigenvalue weighted by molar-refractivity contribution is -0.144. The monoisotopic (exact) mass is 455 g/mol. The van der Waals surface area contributed by atoms with Gasteiger partial charge in [0.25, 0.3) is 5.91 Å². The first-order valence-electron chi connectivity index (χ1n) is 9.46. The molecule has 170 valence electrons. The van der Waals surface area contributed by atoms with Gasteiger partial charge in [0.2, 0.25) is 5.88 Å². The van der Waals surface area contributed by atoms with E-state index in [0.717, 1.165) is 16.9 Å². The normalized spacial score (nSPS) is 12.5. The first-order valence-corrected chi connectivity index (χ1v) is 9.46. The smallest absolute Gasteiger partial charge is 0.436 e. The molecule has 1 unspecified atom stereocenters. The zero-order chi connectivity index (χ0) is 23.5. The van der Waals surface area contributed by atoms with Gasteiger partial charge in [-0.05, 0) is 32.0 Å². The maximum atomic E-state index is 14.5. The molecule has 12 heteroatoms. The second kappa shape index (κ2) is 9.28. The number of para-hydroxylation sites is 1. The summed E-state index contributed by atoms with van der Waals surface area (Å²) in [5.41, 5.74) is -1.83. The third-order valence-corrected chi connectivity index (χ3v) is 4.53. The third-order valence-electron chi connectivity index (χ3n) is 4.53. The number of likely N-dealkylation sites (N-methyl/N-ethyl adjacent to an activating group) is 1. The van der Waals surface area contributed by atoms with Gasteiger partial charge in [-0.1, -0.05) is 6.07 Å². The lowest BCUT2D eigenvalue weighted by Gasteiger charge is -2.28. The molecule has 0 bridgehead atoms. The lowest BCUT2D eigenvalue weighted by Crippen LogP contribution is -2.42. The van der Waals surface area contributed by atoms with E-state index in [2.05, 4.69) is 15.2 Å². The van der Waals surface area contributed by atoms with Gasteiger partial charge in [-0.3, -0.25) is 4.79 Å². The molecule has 7 nitrogen and oxygen atoms in total. The Labute approximate surface area is 179 Å². The lowest BCUT2D eigenvalue weighted by atomic mass is 10.1. The fourth-order valence-corrected chi connectivity index (χ4v) is 3.03. The Hall–Kier alpha value is -3.57. The number of ether oxygens (including phenoxy) is 1. The van der Waals surface area contributed by atoms with Crippen LogP contribution < -0.4 is 4.74 Å². The van der Waals surface area contributed by atoms with Gasteiger partial charge in [0.15, 0.2) is 17.3 Å². The summed E-state index contributed by atoms with van der Waals surface area (Å²) in [4.78, 5) is 18.6. The first kappa shape index (κ1) is 23.1. The minimum atomic E-state index is -4.98. The van der Waals surface area contributed by atoms with E-state index < -0.39 is 41.3 Å². The van der Waals surface area contributed by atoms with Gasteiger partial charge in [0.1, 0.15) is 12.3 Å². The molecule has 0 aliphatic heterocycles. The number of amides is 1. The second-order valence-corrected chi connectivity index (χ2v) is 6.68. The van der Waals surface area contributed by atoms with Crippen LogP contribution >= 0.6 is 0 Å². The van der Waals surface area contributed by atoms with Gasteiger partial charge in [0.05, 0.1) is 24.0 Å². The van der Waals surface area contributed by atoms with Crippen LogP contribution in [-0.2, 0) is 6.18 Å². The van der Waals surface area contributed by atoms with Gasteiger partial charge in [-0.25, -0.2) is 13.8 Å². The van der Waals surface area contributed by atoms with Crippen LogP contribution in [0.2, 0.25) is 0 Å². The van der Waals surface area contributed by atoms with Crippen molar-refractivity contribution in [1.29, 1.82) is 0 Å². The van der Waals surface area contributed by atoms with Gasteiger partial charge < -0.3 is 9.64 Å². The predicted molar refractivity (Wildman–Crippen MR) is 102 cm³/mol. The van der Waals surface area contributed by atoms with Gasteiger partial charge in [0, 0.05) is 12.6 Å². The number of carbonyl (C=O) groups excluding carboxylic acids is 1. The minimum absolute atomic E-state index is 0.00540. The second-order valence-electron chi connectivity index (χ2n) is 6.68. The first-order chi connectivity index (χ1) is 15.1. The Bertz CT molecular complexity index is 1090. The zero-order valence-electron chi connectivity index (χ0n) is 17.0. The third kappa shape index (κ3) is 4.84. The maximum Gasteiger partial charge on any atom is 0.436 e. The quantitative estimate of drug-likeness (QED) is 0.506. The van der Waals surface area contributed by atoms with Crippen LogP contribution in [0.4, 0.5) is 22.0 Å². The number of alkyl halides is 3. The predicted octanol–water partition coefficient (Wildman–Crippen LogP) is 3.89. The summed E-state index contributed by atoms with van der Waals surface area (Å²) >= 11 is 0. The molecular weight excluding hydrogens is 437 g/mol. The highest BCUT2D eigenvalue weighted by Gasteiger charge is 2.36. The highest BCUT2D eigenvalue weighted by atomic mass is 19.4. The van der Waals surface area contributed by atoms with E-state index >= 15 is 0 Å². The number of hydrogen-bond donors (Lipinski definition) is 0.